The predicted molar refractivity (Wildman–Crippen MR) is 56.9 cm³/mol. The Balaban J connectivity index is 3.14. The second-order valence-electron chi connectivity index (χ2n) is 2.95. The Bertz CT molecular complexity index is 160. The van der Waals surface area contributed by atoms with Crippen LogP contribution in [0, 0.1) is 0 Å². The van der Waals surface area contributed by atoms with E-state index in [0.29, 0.717) is 19.6 Å². The minimum absolute atomic E-state index is 0.110. The van der Waals surface area contributed by atoms with Gasteiger partial charge in [-0.2, -0.15) is 0 Å². The van der Waals surface area contributed by atoms with Crippen molar-refractivity contribution in [3.63, 3.8) is 0 Å². The average Bonchev–Trinajstić information content (AvgIpc) is 2.18. The molecule has 0 saturated heterocycles. The molecule has 0 aromatic carbocycles. The van der Waals surface area contributed by atoms with E-state index in [1.165, 1.54) is 6.26 Å². The molecule has 0 radical (unpaired) electrons. The molecule has 0 heterocycles. The summed E-state index contributed by atoms with van der Waals surface area (Å²) in [5, 5.41) is 5.82. The van der Waals surface area contributed by atoms with Gasteiger partial charge in [-0.1, -0.05) is 6.58 Å². The minimum atomic E-state index is 0.110. The molecule has 0 atom stereocenters. The van der Waals surface area contributed by atoms with Gasteiger partial charge in [0.2, 0.25) is 5.91 Å². The predicted octanol–water partition coefficient (Wildman–Crippen LogP) is 0.652. The average molecular weight is 200 g/mol. The number of hydrogen-bond acceptors (Lipinski definition) is 3. The molecule has 1 amide bonds. The number of rotatable bonds is 9. The fourth-order valence-corrected chi connectivity index (χ4v) is 0.981. The van der Waals surface area contributed by atoms with Gasteiger partial charge in [0.1, 0.15) is 0 Å². The van der Waals surface area contributed by atoms with Crippen LogP contribution in [0.1, 0.15) is 19.3 Å². The number of ether oxygens (including phenoxy) is 1. The van der Waals surface area contributed by atoms with Gasteiger partial charge in [0, 0.05) is 13.0 Å². The zero-order valence-corrected chi connectivity index (χ0v) is 8.84. The van der Waals surface area contributed by atoms with E-state index in [4.69, 9.17) is 4.74 Å². The normalized spacial score (nSPS) is 9.50. The van der Waals surface area contributed by atoms with Gasteiger partial charge in [-0.3, -0.25) is 4.79 Å². The van der Waals surface area contributed by atoms with Gasteiger partial charge in [-0.25, -0.2) is 0 Å². The van der Waals surface area contributed by atoms with Crippen LogP contribution < -0.4 is 10.6 Å². The first-order valence-electron chi connectivity index (χ1n) is 4.95. The molecule has 0 unspecified atom stereocenters. The molecular formula is C10H20N2O2. The van der Waals surface area contributed by atoms with E-state index in [9.17, 15) is 4.79 Å². The minimum Gasteiger partial charge on any atom is -0.502 e. The third-order valence-electron chi connectivity index (χ3n) is 1.71. The molecule has 2 N–H and O–H groups in total. The first-order chi connectivity index (χ1) is 6.81. The monoisotopic (exact) mass is 200 g/mol. The van der Waals surface area contributed by atoms with Gasteiger partial charge >= 0.3 is 0 Å². The molecule has 0 rings (SSSR count). The quantitative estimate of drug-likeness (QED) is 0.424. The Labute approximate surface area is 85.7 Å². The Morgan fingerprint density at radius 2 is 2.21 bits per heavy atom. The first kappa shape index (κ1) is 13.0. The van der Waals surface area contributed by atoms with Crippen LogP contribution in [-0.2, 0) is 9.53 Å². The van der Waals surface area contributed by atoms with Gasteiger partial charge in [-0.15, -0.1) is 0 Å². The SMILES string of the molecule is C=COCCCNC(=O)CCCNC. The lowest BCUT2D eigenvalue weighted by molar-refractivity contribution is -0.121. The molecule has 0 aliphatic carbocycles. The fourth-order valence-electron chi connectivity index (χ4n) is 0.981. The van der Waals surface area contributed by atoms with E-state index in [1.54, 1.807) is 0 Å². The zero-order valence-electron chi connectivity index (χ0n) is 8.84. The van der Waals surface area contributed by atoms with Crippen LogP contribution in [0.2, 0.25) is 0 Å². The molecule has 82 valence electrons. The zero-order chi connectivity index (χ0) is 10.6. The third-order valence-corrected chi connectivity index (χ3v) is 1.71. The van der Waals surface area contributed by atoms with E-state index in [2.05, 4.69) is 17.2 Å². The van der Waals surface area contributed by atoms with Crippen molar-refractivity contribution in [2.24, 2.45) is 0 Å². The van der Waals surface area contributed by atoms with Crippen LogP contribution in [0.5, 0.6) is 0 Å². The highest BCUT2D eigenvalue weighted by Gasteiger charge is 1.98. The molecule has 0 bridgehead atoms. The summed E-state index contributed by atoms with van der Waals surface area (Å²) in [7, 11) is 1.88. The van der Waals surface area contributed by atoms with Crippen LogP contribution in [0.4, 0.5) is 0 Å². The molecule has 0 aliphatic rings. The molecule has 4 heteroatoms. The number of amides is 1. The fraction of sp³-hybridized carbons (Fsp3) is 0.700. The number of nitrogens with one attached hydrogen (secondary N) is 2. The van der Waals surface area contributed by atoms with Crippen molar-refractivity contribution in [1.29, 1.82) is 0 Å². The smallest absolute Gasteiger partial charge is 0.220 e. The van der Waals surface area contributed by atoms with E-state index in [0.717, 1.165) is 19.4 Å². The summed E-state index contributed by atoms with van der Waals surface area (Å²) in [6.45, 7) is 5.59. The first-order valence-corrected chi connectivity index (χ1v) is 4.95. The maximum Gasteiger partial charge on any atom is 0.220 e. The second-order valence-corrected chi connectivity index (χ2v) is 2.95. The lowest BCUT2D eigenvalue weighted by Crippen LogP contribution is -2.25. The van der Waals surface area contributed by atoms with Crippen LogP contribution >= 0.6 is 0 Å². The largest absolute Gasteiger partial charge is 0.502 e. The topological polar surface area (TPSA) is 50.4 Å². The molecule has 0 aromatic rings. The van der Waals surface area contributed by atoms with Gasteiger partial charge < -0.3 is 15.4 Å². The molecule has 0 spiro atoms. The maximum absolute atomic E-state index is 11.2. The van der Waals surface area contributed by atoms with Crippen LogP contribution in [-0.4, -0.2) is 32.7 Å². The summed E-state index contributed by atoms with van der Waals surface area (Å²) in [6, 6.07) is 0. The lowest BCUT2D eigenvalue weighted by Gasteiger charge is -2.04. The summed E-state index contributed by atoms with van der Waals surface area (Å²) in [6.07, 6.45) is 3.70. The van der Waals surface area contributed by atoms with Gasteiger partial charge in [-0.05, 0) is 26.4 Å². The summed E-state index contributed by atoms with van der Waals surface area (Å²) in [5.74, 6) is 0.110. The highest BCUT2D eigenvalue weighted by atomic mass is 16.5. The summed E-state index contributed by atoms with van der Waals surface area (Å²) < 4.78 is 4.92. The Kier molecular flexibility index (Phi) is 9.31. The second kappa shape index (κ2) is 10.1. The van der Waals surface area contributed by atoms with Crippen molar-refractivity contribution in [2.75, 3.05) is 26.7 Å². The van der Waals surface area contributed by atoms with E-state index >= 15 is 0 Å². The highest BCUT2D eigenvalue weighted by Crippen LogP contribution is 1.87. The molecule has 0 fully saturated rings. The molecule has 4 nitrogen and oxygen atoms in total. The Hall–Kier alpha value is -1.03. The molecule has 0 saturated carbocycles. The summed E-state index contributed by atoms with van der Waals surface area (Å²) in [4.78, 5) is 11.2. The van der Waals surface area contributed by atoms with Crippen LogP contribution in [0.15, 0.2) is 12.8 Å². The van der Waals surface area contributed by atoms with E-state index in [-0.39, 0.29) is 5.91 Å². The van der Waals surface area contributed by atoms with Crippen molar-refractivity contribution >= 4 is 5.91 Å². The van der Waals surface area contributed by atoms with Crippen LogP contribution in [0.25, 0.3) is 0 Å². The van der Waals surface area contributed by atoms with Crippen molar-refractivity contribution in [3.05, 3.63) is 12.8 Å². The van der Waals surface area contributed by atoms with Crippen LogP contribution in [0.3, 0.4) is 0 Å². The number of hydrogen-bond donors (Lipinski definition) is 2. The highest BCUT2D eigenvalue weighted by molar-refractivity contribution is 5.75. The summed E-state index contributed by atoms with van der Waals surface area (Å²) in [5.41, 5.74) is 0. The maximum atomic E-state index is 11.2. The molecule has 0 aromatic heterocycles. The van der Waals surface area contributed by atoms with Crippen molar-refractivity contribution in [1.82, 2.24) is 10.6 Å². The molecule has 0 aliphatic heterocycles. The Morgan fingerprint density at radius 3 is 2.86 bits per heavy atom. The standard InChI is InChI=1S/C10H20N2O2/c1-3-14-9-5-8-12-10(13)6-4-7-11-2/h3,11H,1,4-9H2,2H3,(H,12,13). The van der Waals surface area contributed by atoms with Gasteiger partial charge in [0.05, 0.1) is 12.9 Å². The summed E-state index contributed by atoms with van der Waals surface area (Å²) >= 11 is 0. The van der Waals surface area contributed by atoms with Crippen molar-refractivity contribution in [2.45, 2.75) is 19.3 Å². The lowest BCUT2D eigenvalue weighted by atomic mass is 10.3. The van der Waals surface area contributed by atoms with E-state index < -0.39 is 0 Å². The van der Waals surface area contributed by atoms with Crippen molar-refractivity contribution < 1.29 is 9.53 Å². The number of carbonyl (C=O) groups is 1. The third kappa shape index (κ3) is 9.06. The molecule has 14 heavy (non-hydrogen) atoms. The van der Waals surface area contributed by atoms with Gasteiger partial charge in [0.15, 0.2) is 0 Å². The Morgan fingerprint density at radius 1 is 1.43 bits per heavy atom. The number of carbonyl (C=O) groups excluding carboxylic acids is 1. The van der Waals surface area contributed by atoms with Crippen molar-refractivity contribution in [3.8, 4) is 0 Å². The van der Waals surface area contributed by atoms with Gasteiger partial charge in [0.25, 0.3) is 0 Å². The molecular weight excluding hydrogens is 180 g/mol. The van der Waals surface area contributed by atoms with E-state index in [1.807, 2.05) is 7.05 Å².